The van der Waals surface area contributed by atoms with Crippen molar-refractivity contribution in [2.24, 2.45) is 0 Å². The Morgan fingerprint density at radius 1 is 1.28 bits per heavy atom. The summed E-state index contributed by atoms with van der Waals surface area (Å²) in [7, 11) is 0. The first-order valence-corrected chi connectivity index (χ1v) is 6.33. The maximum Gasteiger partial charge on any atom is 0.405 e. The first kappa shape index (κ1) is 15.4. The zero-order valence-corrected chi connectivity index (χ0v) is 11.6. The van der Waals surface area contributed by atoms with E-state index >= 15 is 0 Å². The fraction of sp³-hybridized carbons (Fsp3) is 0.500. The molecule has 0 aromatic heterocycles. The minimum Gasteiger partial charge on any atom is -0.360 e. The van der Waals surface area contributed by atoms with Gasteiger partial charge in [0, 0.05) is 22.6 Å². The molecule has 1 rings (SSSR count). The van der Waals surface area contributed by atoms with Crippen LogP contribution in [0.3, 0.4) is 0 Å². The quantitative estimate of drug-likeness (QED) is 0.718. The first-order chi connectivity index (χ1) is 8.24. The molecule has 0 aliphatic carbocycles. The molecular weight excluding hydrogens is 286 g/mol. The minimum atomic E-state index is -4.27. The summed E-state index contributed by atoms with van der Waals surface area (Å²) in [5, 5.41) is 0.395. The van der Waals surface area contributed by atoms with Crippen molar-refractivity contribution >= 4 is 28.9 Å². The SMILES string of the molecule is CC(C)N(CC(F)(F)F)c1cc(Cl)ccc1CCl. The van der Waals surface area contributed by atoms with Gasteiger partial charge >= 0.3 is 6.18 Å². The summed E-state index contributed by atoms with van der Waals surface area (Å²) >= 11 is 11.6. The van der Waals surface area contributed by atoms with Crippen LogP contribution in [0, 0.1) is 0 Å². The van der Waals surface area contributed by atoms with Gasteiger partial charge in [0.15, 0.2) is 0 Å². The van der Waals surface area contributed by atoms with Crippen molar-refractivity contribution in [3.63, 3.8) is 0 Å². The monoisotopic (exact) mass is 299 g/mol. The number of rotatable bonds is 4. The van der Waals surface area contributed by atoms with Crippen LogP contribution in [0.1, 0.15) is 19.4 Å². The van der Waals surface area contributed by atoms with E-state index in [9.17, 15) is 13.2 Å². The predicted molar refractivity (Wildman–Crippen MR) is 69.5 cm³/mol. The topological polar surface area (TPSA) is 3.24 Å². The molecule has 0 spiro atoms. The molecule has 0 radical (unpaired) electrons. The van der Waals surface area contributed by atoms with E-state index < -0.39 is 12.7 Å². The smallest absolute Gasteiger partial charge is 0.360 e. The first-order valence-electron chi connectivity index (χ1n) is 5.42. The molecule has 102 valence electrons. The summed E-state index contributed by atoms with van der Waals surface area (Å²) in [6.45, 7) is 2.38. The van der Waals surface area contributed by atoms with E-state index in [-0.39, 0.29) is 11.9 Å². The summed E-state index contributed by atoms with van der Waals surface area (Å²) < 4.78 is 37.7. The number of halogens is 5. The highest BCUT2D eigenvalue weighted by Crippen LogP contribution is 2.30. The Morgan fingerprint density at radius 2 is 1.89 bits per heavy atom. The molecule has 18 heavy (non-hydrogen) atoms. The molecule has 0 unspecified atom stereocenters. The van der Waals surface area contributed by atoms with Gasteiger partial charge in [0.2, 0.25) is 0 Å². The highest BCUT2D eigenvalue weighted by Gasteiger charge is 2.32. The van der Waals surface area contributed by atoms with Crippen LogP contribution in [0.5, 0.6) is 0 Å². The Labute approximate surface area is 114 Å². The Morgan fingerprint density at radius 3 is 2.33 bits per heavy atom. The zero-order chi connectivity index (χ0) is 13.9. The van der Waals surface area contributed by atoms with Crippen LogP contribution >= 0.6 is 23.2 Å². The van der Waals surface area contributed by atoms with Crippen LogP contribution < -0.4 is 4.90 Å². The number of nitrogens with zero attached hydrogens (tertiary/aromatic N) is 1. The number of anilines is 1. The van der Waals surface area contributed by atoms with Gasteiger partial charge < -0.3 is 4.90 Å². The van der Waals surface area contributed by atoms with Crippen molar-refractivity contribution in [3.8, 4) is 0 Å². The van der Waals surface area contributed by atoms with Crippen LogP contribution in [-0.4, -0.2) is 18.8 Å². The number of benzene rings is 1. The number of hydrogen-bond donors (Lipinski definition) is 0. The second-order valence-corrected chi connectivity index (χ2v) is 4.95. The molecule has 0 N–H and O–H groups in total. The van der Waals surface area contributed by atoms with E-state index in [2.05, 4.69) is 0 Å². The molecule has 1 nitrogen and oxygen atoms in total. The van der Waals surface area contributed by atoms with Gasteiger partial charge in [-0.05, 0) is 31.5 Å². The standard InChI is InChI=1S/C12H14Cl2F3N/c1-8(2)18(7-12(15,16)17)11-5-10(14)4-3-9(11)6-13/h3-5,8H,6-7H2,1-2H3. The van der Waals surface area contributed by atoms with E-state index in [1.165, 1.54) is 11.0 Å². The third-order valence-corrected chi connectivity index (χ3v) is 3.00. The molecule has 0 amide bonds. The lowest BCUT2D eigenvalue weighted by Crippen LogP contribution is -2.39. The predicted octanol–water partition coefficient (Wildman–Crippen LogP) is 4.86. The van der Waals surface area contributed by atoms with E-state index in [0.717, 1.165) is 0 Å². The van der Waals surface area contributed by atoms with E-state index in [1.54, 1.807) is 26.0 Å². The van der Waals surface area contributed by atoms with Gasteiger partial charge in [0.05, 0.1) is 0 Å². The highest BCUT2D eigenvalue weighted by atomic mass is 35.5. The lowest BCUT2D eigenvalue weighted by Gasteiger charge is -2.31. The van der Waals surface area contributed by atoms with Crippen molar-refractivity contribution in [2.45, 2.75) is 31.9 Å². The molecule has 0 bridgehead atoms. The van der Waals surface area contributed by atoms with Gasteiger partial charge in [0.25, 0.3) is 0 Å². The summed E-state index contributed by atoms with van der Waals surface area (Å²) in [5.74, 6) is 0.146. The number of hydrogen-bond acceptors (Lipinski definition) is 1. The van der Waals surface area contributed by atoms with Crippen LogP contribution in [-0.2, 0) is 5.88 Å². The summed E-state index contributed by atoms with van der Waals surface area (Å²) in [6.07, 6.45) is -4.27. The lowest BCUT2D eigenvalue weighted by molar-refractivity contribution is -0.120. The minimum absolute atomic E-state index is 0.146. The van der Waals surface area contributed by atoms with Gasteiger partial charge in [-0.15, -0.1) is 11.6 Å². The van der Waals surface area contributed by atoms with Gasteiger partial charge in [0.1, 0.15) is 6.54 Å². The Kier molecular flexibility index (Phi) is 5.17. The fourth-order valence-electron chi connectivity index (χ4n) is 1.66. The Hall–Kier alpha value is -0.610. The molecule has 1 aromatic carbocycles. The Balaban J connectivity index is 3.16. The van der Waals surface area contributed by atoms with Crippen LogP contribution in [0.25, 0.3) is 0 Å². The van der Waals surface area contributed by atoms with Gasteiger partial charge in [-0.1, -0.05) is 17.7 Å². The maximum atomic E-state index is 12.6. The summed E-state index contributed by atoms with van der Waals surface area (Å²) in [4.78, 5) is 1.25. The fourth-order valence-corrected chi connectivity index (χ4v) is 2.05. The molecule has 0 saturated heterocycles. The largest absolute Gasteiger partial charge is 0.405 e. The van der Waals surface area contributed by atoms with Crippen molar-refractivity contribution in [1.29, 1.82) is 0 Å². The average molecular weight is 300 g/mol. The molecule has 0 aliphatic heterocycles. The molecule has 0 atom stereocenters. The Bertz CT molecular complexity index is 405. The lowest BCUT2D eigenvalue weighted by atomic mass is 10.1. The van der Waals surface area contributed by atoms with Gasteiger partial charge in [-0.25, -0.2) is 0 Å². The van der Waals surface area contributed by atoms with Crippen LogP contribution in [0.2, 0.25) is 5.02 Å². The van der Waals surface area contributed by atoms with Crippen molar-refractivity contribution in [3.05, 3.63) is 28.8 Å². The highest BCUT2D eigenvalue weighted by molar-refractivity contribution is 6.31. The van der Waals surface area contributed by atoms with E-state index in [0.29, 0.717) is 16.3 Å². The normalized spacial score (nSPS) is 12.0. The van der Waals surface area contributed by atoms with Crippen LogP contribution in [0.15, 0.2) is 18.2 Å². The van der Waals surface area contributed by atoms with Crippen molar-refractivity contribution < 1.29 is 13.2 Å². The molecule has 0 saturated carbocycles. The maximum absolute atomic E-state index is 12.6. The summed E-state index contributed by atoms with van der Waals surface area (Å²) in [6, 6.07) is 4.49. The van der Waals surface area contributed by atoms with E-state index in [4.69, 9.17) is 23.2 Å². The molecule has 0 fully saturated rings. The summed E-state index contributed by atoms with van der Waals surface area (Å²) in [5.41, 5.74) is 1.07. The van der Waals surface area contributed by atoms with Crippen molar-refractivity contribution in [1.82, 2.24) is 0 Å². The van der Waals surface area contributed by atoms with Gasteiger partial charge in [-0.3, -0.25) is 0 Å². The van der Waals surface area contributed by atoms with Gasteiger partial charge in [-0.2, -0.15) is 13.2 Å². The zero-order valence-electron chi connectivity index (χ0n) is 10.1. The average Bonchev–Trinajstić information content (AvgIpc) is 2.24. The van der Waals surface area contributed by atoms with Crippen LogP contribution in [0.4, 0.5) is 18.9 Å². The van der Waals surface area contributed by atoms with Crippen molar-refractivity contribution in [2.75, 3.05) is 11.4 Å². The molecule has 0 aliphatic rings. The molecule has 1 aromatic rings. The second kappa shape index (κ2) is 6.02. The molecule has 6 heteroatoms. The second-order valence-electron chi connectivity index (χ2n) is 4.24. The molecule has 0 heterocycles. The third-order valence-electron chi connectivity index (χ3n) is 2.47. The van der Waals surface area contributed by atoms with E-state index in [1.807, 2.05) is 0 Å². The third kappa shape index (κ3) is 4.25. The number of alkyl halides is 4. The molecular formula is C12H14Cl2F3N.